The minimum atomic E-state index is -3.75. The topological polar surface area (TPSA) is 134 Å². The summed E-state index contributed by atoms with van der Waals surface area (Å²) in [6.07, 6.45) is 2.33. The maximum absolute atomic E-state index is 12.7. The Balaban J connectivity index is 1.81. The second kappa shape index (κ2) is 10.4. The van der Waals surface area contributed by atoms with Crippen molar-refractivity contribution in [3.8, 4) is 0 Å². The molecule has 11 nitrogen and oxygen atoms in total. The van der Waals surface area contributed by atoms with Gasteiger partial charge >= 0.3 is 0 Å². The second-order valence-corrected chi connectivity index (χ2v) is 9.26. The molecule has 0 bridgehead atoms. The van der Waals surface area contributed by atoms with Gasteiger partial charge in [-0.15, -0.1) is 0 Å². The minimum Gasteiger partial charge on any atom is -0.378 e. The fraction of sp³-hybridized carbons (Fsp3) is 0.333. The van der Waals surface area contributed by atoms with Crippen LogP contribution in [0.3, 0.4) is 0 Å². The Morgan fingerprint density at radius 3 is 2.52 bits per heavy atom. The molecule has 176 valence electrons. The van der Waals surface area contributed by atoms with Gasteiger partial charge in [0, 0.05) is 36.5 Å². The lowest BCUT2D eigenvalue weighted by molar-refractivity contribution is -0.384. The number of hydrazone groups is 1. The van der Waals surface area contributed by atoms with E-state index in [0.29, 0.717) is 37.6 Å². The summed E-state index contributed by atoms with van der Waals surface area (Å²) >= 11 is 0. The molecule has 2 aromatic rings. The smallest absolute Gasteiger partial charge is 0.270 e. The largest absolute Gasteiger partial charge is 0.378 e. The van der Waals surface area contributed by atoms with Crippen molar-refractivity contribution >= 4 is 39.2 Å². The first-order chi connectivity index (χ1) is 15.7. The monoisotopic (exact) mass is 475 g/mol. The summed E-state index contributed by atoms with van der Waals surface area (Å²) in [7, 11) is -3.75. The third-order valence-electron chi connectivity index (χ3n) is 5.05. The molecular formula is C21H25N5O6S. The molecule has 0 aliphatic carbocycles. The van der Waals surface area contributed by atoms with Crippen molar-refractivity contribution in [3.05, 3.63) is 64.2 Å². The predicted molar refractivity (Wildman–Crippen MR) is 125 cm³/mol. The molecule has 1 amide bonds. The number of hydrogen-bond acceptors (Lipinski definition) is 8. The molecule has 0 unspecified atom stereocenters. The number of carbonyl (C=O) groups is 1. The standard InChI is InChI=1S/C21H25N5O6S/c1-16(25(33(2,30)31)18-6-4-3-5-7-18)21(27)23-22-15-17-14-19(26(28)29)8-9-20(17)24-10-12-32-13-11-24/h3-9,14-16H,10-13H2,1-2H3,(H,23,27)/b22-15-/t16-/m1/s1. The molecule has 1 aliphatic rings. The number of hydrogen-bond donors (Lipinski definition) is 1. The van der Waals surface area contributed by atoms with Crippen LogP contribution < -0.4 is 14.6 Å². The van der Waals surface area contributed by atoms with E-state index in [0.717, 1.165) is 16.2 Å². The average Bonchev–Trinajstić information content (AvgIpc) is 2.79. The van der Waals surface area contributed by atoms with Crippen molar-refractivity contribution in [2.24, 2.45) is 5.10 Å². The van der Waals surface area contributed by atoms with Crippen molar-refractivity contribution < 1.29 is 22.9 Å². The van der Waals surface area contributed by atoms with E-state index in [9.17, 15) is 23.3 Å². The highest BCUT2D eigenvalue weighted by Gasteiger charge is 2.29. The summed E-state index contributed by atoms with van der Waals surface area (Å²) in [6.45, 7) is 3.74. The highest BCUT2D eigenvalue weighted by Crippen LogP contribution is 2.25. The molecule has 1 fully saturated rings. The van der Waals surface area contributed by atoms with Crippen molar-refractivity contribution in [1.29, 1.82) is 0 Å². The Morgan fingerprint density at radius 1 is 1.24 bits per heavy atom. The fourth-order valence-corrected chi connectivity index (χ4v) is 4.67. The molecule has 1 N–H and O–H groups in total. The summed E-state index contributed by atoms with van der Waals surface area (Å²) in [6, 6.07) is 11.6. The van der Waals surface area contributed by atoms with Crippen molar-refractivity contribution in [2.45, 2.75) is 13.0 Å². The molecule has 0 radical (unpaired) electrons. The Labute approximate surface area is 191 Å². The van der Waals surface area contributed by atoms with Gasteiger partial charge in [0.15, 0.2) is 0 Å². The third-order valence-corrected chi connectivity index (χ3v) is 6.29. The highest BCUT2D eigenvalue weighted by atomic mass is 32.2. The molecule has 0 aromatic heterocycles. The van der Waals surface area contributed by atoms with E-state index >= 15 is 0 Å². The molecule has 1 heterocycles. The maximum Gasteiger partial charge on any atom is 0.270 e. The number of non-ortho nitro benzene ring substituents is 1. The summed E-state index contributed by atoms with van der Waals surface area (Å²) in [5.41, 5.74) is 3.75. The number of carbonyl (C=O) groups excluding carboxylic acids is 1. The Bertz CT molecular complexity index is 1130. The Hall–Kier alpha value is -3.51. The van der Waals surface area contributed by atoms with Gasteiger partial charge in [-0.05, 0) is 25.1 Å². The molecular weight excluding hydrogens is 450 g/mol. The number of rotatable bonds is 8. The molecule has 0 spiro atoms. The second-order valence-electron chi connectivity index (χ2n) is 7.40. The third kappa shape index (κ3) is 6.05. The van der Waals surface area contributed by atoms with Gasteiger partial charge in [-0.1, -0.05) is 18.2 Å². The number of amides is 1. The van der Waals surface area contributed by atoms with Gasteiger partial charge in [0.05, 0.1) is 36.3 Å². The zero-order chi connectivity index (χ0) is 24.0. The van der Waals surface area contributed by atoms with Crippen LogP contribution >= 0.6 is 0 Å². The van der Waals surface area contributed by atoms with Gasteiger partial charge in [-0.3, -0.25) is 19.2 Å². The van der Waals surface area contributed by atoms with Crippen molar-refractivity contribution in [1.82, 2.24) is 5.43 Å². The zero-order valence-corrected chi connectivity index (χ0v) is 19.1. The fourth-order valence-electron chi connectivity index (χ4n) is 3.49. The molecule has 3 rings (SSSR count). The van der Waals surface area contributed by atoms with E-state index in [1.165, 1.54) is 25.3 Å². The lowest BCUT2D eigenvalue weighted by Gasteiger charge is -2.30. The molecule has 1 saturated heterocycles. The van der Waals surface area contributed by atoms with Gasteiger partial charge in [0.25, 0.3) is 11.6 Å². The van der Waals surface area contributed by atoms with E-state index in [1.54, 1.807) is 36.4 Å². The Kier molecular flexibility index (Phi) is 7.61. The van der Waals surface area contributed by atoms with Crippen molar-refractivity contribution in [3.63, 3.8) is 0 Å². The van der Waals surface area contributed by atoms with Crippen LogP contribution in [-0.4, -0.2) is 64.1 Å². The molecule has 12 heteroatoms. The van der Waals surface area contributed by atoms with Crippen LogP contribution in [0.25, 0.3) is 0 Å². The van der Waals surface area contributed by atoms with Crippen LogP contribution in [0.1, 0.15) is 12.5 Å². The van der Waals surface area contributed by atoms with E-state index in [2.05, 4.69) is 10.5 Å². The number of nitrogens with one attached hydrogen (secondary N) is 1. The molecule has 2 aromatic carbocycles. The lowest BCUT2D eigenvalue weighted by atomic mass is 10.1. The number of ether oxygens (including phenoxy) is 1. The van der Waals surface area contributed by atoms with Crippen LogP contribution in [0.4, 0.5) is 17.1 Å². The lowest BCUT2D eigenvalue weighted by Crippen LogP contribution is -2.46. The SMILES string of the molecule is C[C@H](C(=O)N/N=C\c1cc([N+](=O)[O-])ccc1N1CCOCC1)N(c1ccccc1)S(C)(=O)=O. The van der Waals surface area contributed by atoms with Gasteiger partial charge in [0.2, 0.25) is 10.0 Å². The van der Waals surface area contributed by atoms with Crippen LogP contribution in [-0.2, 0) is 19.6 Å². The van der Waals surface area contributed by atoms with Gasteiger partial charge in [0.1, 0.15) is 6.04 Å². The maximum atomic E-state index is 12.7. The molecule has 1 atom stereocenters. The number of sulfonamides is 1. The minimum absolute atomic E-state index is 0.111. The van der Waals surface area contributed by atoms with Crippen LogP contribution in [0.5, 0.6) is 0 Å². The zero-order valence-electron chi connectivity index (χ0n) is 18.2. The predicted octanol–water partition coefficient (Wildman–Crippen LogP) is 1.74. The van der Waals surface area contributed by atoms with Crippen LogP contribution in [0, 0.1) is 10.1 Å². The number of anilines is 2. The van der Waals surface area contributed by atoms with Crippen molar-refractivity contribution in [2.75, 3.05) is 41.8 Å². The summed E-state index contributed by atoms with van der Waals surface area (Å²) in [4.78, 5) is 25.4. The van der Waals surface area contributed by atoms with Crippen LogP contribution in [0.15, 0.2) is 53.6 Å². The van der Waals surface area contributed by atoms with E-state index in [4.69, 9.17) is 4.74 Å². The van der Waals surface area contributed by atoms with E-state index < -0.39 is 26.9 Å². The summed E-state index contributed by atoms with van der Waals surface area (Å²) in [5.74, 6) is -0.654. The number of nitrogens with zero attached hydrogens (tertiary/aromatic N) is 4. The number of nitro groups is 1. The van der Waals surface area contributed by atoms with Gasteiger partial charge in [-0.2, -0.15) is 5.10 Å². The number of morpholine rings is 1. The quantitative estimate of drug-likeness (QED) is 0.349. The van der Waals surface area contributed by atoms with E-state index in [-0.39, 0.29) is 5.69 Å². The normalized spacial score (nSPS) is 15.3. The van der Waals surface area contributed by atoms with E-state index in [1.807, 2.05) is 4.90 Å². The number of para-hydroxylation sites is 1. The number of benzene rings is 2. The summed E-state index contributed by atoms with van der Waals surface area (Å²) < 4.78 is 31.0. The highest BCUT2D eigenvalue weighted by molar-refractivity contribution is 7.92. The first-order valence-corrected chi connectivity index (χ1v) is 12.0. The first kappa shape index (κ1) is 24.1. The summed E-state index contributed by atoms with van der Waals surface area (Å²) in [5, 5.41) is 15.2. The van der Waals surface area contributed by atoms with Crippen LogP contribution in [0.2, 0.25) is 0 Å². The Morgan fingerprint density at radius 2 is 1.91 bits per heavy atom. The van der Waals surface area contributed by atoms with Gasteiger partial charge < -0.3 is 9.64 Å². The first-order valence-electron chi connectivity index (χ1n) is 10.2. The van der Waals surface area contributed by atoms with Gasteiger partial charge in [-0.25, -0.2) is 13.8 Å². The molecule has 1 aliphatic heterocycles. The average molecular weight is 476 g/mol. The molecule has 0 saturated carbocycles. The number of nitro benzene ring substituents is 1. The molecule has 33 heavy (non-hydrogen) atoms.